The molecule has 3 N–H and O–H groups in total. The topological polar surface area (TPSA) is 64.3 Å². The minimum Gasteiger partial charge on any atom is -0.484 e. The lowest BCUT2D eigenvalue weighted by Gasteiger charge is -2.10. The van der Waals surface area contributed by atoms with Gasteiger partial charge in [-0.05, 0) is 42.8 Å². The van der Waals surface area contributed by atoms with Gasteiger partial charge in [-0.2, -0.15) is 0 Å². The summed E-state index contributed by atoms with van der Waals surface area (Å²) in [7, 11) is 0. The molecule has 0 heterocycles. The molecule has 0 saturated heterocycles. The highest BCUT2D eigenvalue weighted by atomic mass is 35.5. The molecule has 0 aliphatic carbocycles. The van der Waals surface area contributed by atoms with Crippen LogP contribution < -0.4 is 15.8 Å². The van der Waals surface area contributed by atoms with Crippen molar-refractivity contribution in [1.29, 1.82) is 0 Å². The van der Waals surface area contributed by atoms with Gasteiger partial charge < -0.3 is 15.8 Å². The summed E-state index contributed by atoms with van der Waals surface area (Å²) < 4.78 is 5.46. The van der Waals surface area contributed by atoms with Crippen molar-refractivity contribution >= 4 is 23.2 Å². The normalized spacial score (nSPS) is 11.8. The van der Waals surface area contributed by atoms with E-state index in [1.165, 1.54) is 0 Å². The second-order valence-corrected chi connectivity index (χ2v) is 5.14. The zero-order valence-corrected chi connectivity index (χ0v) is 12.4. The number of halogens is 1. The molecule has 2 aromatic carbocycles. The summed E-state index contributed by atoms with van der Waals surface area (Å²) in [6.45, 7) is 1.82. The Balaban J connectivity index is 1.90. The number of ether oxygens (including phenoxy) is 1. The Hall–Kier alpha value is -2.04. The van der Waals surface area contributed by atoms with Crippen LogP contribution >= 0.6 is 11.6 Å². The third-order valence-electron chi connectivity index (χ3n) is 2.86. The average Bonchev–Trinajstić information content (AvgIpc) is 2.45. The fourth-order valence-corrected chi connectivity index (χ4v) is 1.99. The molecule has 110 valence electrons. The van der Waals surface area contributed by atoms with E-state index in [4.69, 9.17) is 22.1 Å². The number of hydrogen-bond acceptors (Lipinski definition) is 3. The number of hydrogen-bond donors (Lipinski definition) is 2. The molecule has 0 aliphatic heterocycles. The largest absolute Gasteiger partial charge is 0.484 e. The summed E-state index contributed by atoms with van der Waals surface area (Å²) in [6.07, 6.45) is 0. The number of benzene rings is 2. The van der Waals surface area contributed by atoms with Crippen LogP contribution in [0, 0.1) is 0 Å². The summed E-state index contributed by atoms with van der Waals surface area (Å²) in [4.78, 5) is 11.8. The highest BCUT2D eigenvalue weighted by Crippen LogP contribution is 2.18. The molecule has 21 heavy (non-hydrogen) atoms. The molecule has 0 aromatic heterocycles. The molecule has 2 rings (SSSR count). The molecule has 1 unspecified atom stereocenters. The number of amides is 1. The monoisotopic (exact) mass is 304 g/mol. The van der Waals surface area contributed by atoms with Crippen molar-refractivity contribution in [2.45, 2.75) is 13.0 Å². The Labute approximate surface area is 128 Å². The first-order valence-corrected chi connectivity index (χ1v) is 6.96. The van der Waals surface area contributed by atoms with Gasteiger partial charge in [0.25, 0.3) is 5.91 Å². The third-order valence-corrected chi connectivity index (χ3v) is 3.10. The van der Waals surface area contributed by atoms with Crippen LogP contribution in [-0.2, 0) is 4.79 Å². The summed E-state index contributed by atoms with van der Waals surface area (Å²) >= 11 is 5.85. The maximum absolute atomic E-state index is 11.8. The standard InChI is InChI=1S/C16H17ClN2O2/c1-11(18)12-4-2-7-15(8-12)21-10-16(20)19-14-6-3-5-13(17)9-14/h2-9,11H,10,18H2,1H3,(H,19,20). The number of rotatable bonds is 5. The van der Waals surface area contributed by atoms with Crippen molar-refractivity contribution in [3.8, 4) is 5.75 Å². The van der Waals surface area contributed by atoms with Crippen molar-refractivity contribution in [3.05, 3.63) is 59.1 Å². The van der Waals surface area contributed by atoms with Crippen LogP contribution in [0.5, 0.6) is 5.75 Å². The van der Waals surface area contributed by atoms with Gasteiger partial charge in [-0.3, -0.25) is 4.79 Å². The Kier molecular flexibility index (Phi) is 5.20. The van der Waals surface area contributed by atoms with Crippen molar-refractivity contribution in [2.24, 2.45) is 5.73 Å². The Bertz CT molecular complexity index is 629. The first-order valence-electron chi connectivity index (χ1n) is 6.58. The molecular weight excluding hydrogens is 288 g/mol. The van der Waals surface area contributed by atoms with E-state index >= 15 is 0 Å². The molecule has 0 fully saturated rings. The molecule has 4 nitrogen and oxygen atoms in total. The van der Waals surface area contributed by atoms with Crippen LogP contribution in [-0.4, -0.2) is 12.5 Å². The van der Waals surface area contributed by atoms with Crippen molar-refractivity contribution in [2.75, 3.05) is 11.9 Å². The zero-order chi connectivity index (χ0) is 15.2. The van der Waals surface area contributed by atoms with Gasteiger partial charge in [-0.25, -0.2) is 0 Å². The van der Waals surface area contributed by atoms with Crippen molar-refractivity contribution in [1.82, 2.24) is 0 Å². The van der Waals surface area contributed by atoms with Crippen LogP contribution in [0.4, 0.5) is 5.69 Å². The van der Waals surface area contributed by atoms with Gasteiger partial charge >= 0.3 is 0 Å². The fourth-order valence-electron chi connectivity index (χ4n) is 1.80. The minimum absolute atomic E-state index is 0.0745. The molecule has 0 radical (unpaired) electrons. The van der Waals surface area contributed by atoms with E-state index < -0.39 is 0 Å². The lowest BCUT2D eigenvalue weighted by atomic mass is 10.1. The number of anilines is 1. The van der Waals surface area contributed by atoms with Crippen LogP contribution in [0.15, 0.2) is 48.5 Å². The molecule has 2 aromatic rings. The Morgan fingerprint density at radius 2 is 2.05 bits per heavy atom. The van der Waals surface area contributed by atoms with E-state index in [-0.39, 0.29) is 18.6 Å². The van der Waals surface area contributed by atoms with Crippen LogP contribution in [0.25, 0.3) is 0 Å². The highest BCUT2D eigenvalue weighted by molar-refractivity contribution is 6.30. The van der Waals surface area contributed by atoms with Crippen LogP contribution in [0.3, 0.4) is 0 Å². The summed E-state index contributed by atoms with van der Waals surface area (Å²) in [5, 5.41) is 3.29. The van der Waals surface area contributed by atoms with Gasteiger partial charge in [-0.15, -0.1) is 0 Å². The van der Waals surface area contributed by atoms with Crippen molar-refractivity contribution < 1.29 is 9.53 Å². The van der Waals surface area contributed by atoms with Crippen LogP contribution in [0.2, 0.25) is 5.02 Å². The zero-order valence-electron chi connectivity index (χ0n) is 11.7. The van der Waals surface area contributed by atoms with Gasteiger partial charge in [0.05, 0.1) is 0 Å². The lowest BCUT2D eigenvalue weighted by Crippen LogP contribution is -2.20. The second-order valence-electron chi connectivity index (χ2n) is 4.71. The number of nitrogens with one attached hydrogen (secondary N) is 1. The van der Waals surface area contributed by atoms with Crippen LogP contribution in [0.1, 0.15) is 18.5 Å². The van der Waals surface area contributed by atoms with E-state index in [0.717, 1.165) is 5.56 Å². The Morgan fingerprint density at radius 1 is 1.29 bits per heavy atom. The molecule has 0 bridgehead atoms. The molecule has 0 aliphatic rings. The molecule has 0 saturated carbocycles. The van der Waals surface area contributed by atoms with Gasteiger partial charge in [-0.1, -0.05) is 29.8 Å². The molecule has 1 atom stereocenters. The van der Waals surface area contributed by atoms with E-state index in [0.29, 0.717) is 16.5 Å². The summed E-state index contributed by atoms with van der Waals surface area (Å²) in [5.74, 6) is 0.370. The highest BCUT2D eigenvalue weighted by Gasteiger charge is 2.06. The van der Waals surface area contributed by atoms with E-state index in [1.807, 2.05) is 25.1 Å². The molecule has 5 heteroatoms. The lowest BCUT2D eigenvalue weighted by molar-refractivity contribution is -0.118. The molecule has 0 spiro atoms. The third kappa shape index (κ3) is 4.77. The van der Waals surface area contributed by atoms with E-state index in [9.17, 15) is 4.79 Å². The first-order chi connectivity index (χ1) is 10.0. The molecule has 1 amide bonds. The predicted molar refractivity (Wildman–Crippen MR) is 84.6 cm³/mol. The maximum atomic E-state index is 11.8. The number of carbonyl (C=O) groups excluding carboxylic acids is 1. The minimum atomic E-state index is -0.247. The SMILES string of the molecule is CC(N)c1cccc(OCC(=O)Nc2cccc(Cl)c2)c1. The van der Waals surface area contributed by atoms with Gasteiger partial charge in [0.15, 0.2) is 6.61 Å². The van der Waals surface area contributed by atoms with Crippen molar-refractivity contribution in [3.63, 3.8) is 0 Å². The smallest absolute Gasteiger partial charge is 0.262 e. The maximum Gasteiger partial charge on any atom is 0.262 e. The Morgan fingerprint density at radius 3 is 2.76 bits per heavy atom. The first kappa shape index (κ1) is 15.4. The summed E-state index contributed by atoms with van der Waals surface area (Å²) in [5.41, 5.74) is 7.41. The molecular formula is C16H17ClN2O2. The average molecular weight is 305 g/mol. The predicted octanol–water partition coefficient (Wildman–Crippen LogP) is 3.38. The summed E-state index contributed by atoms with van der Waals surface area (Å²) in [6, 6.07) is 14.3. The van der Waals surface area contributed by atoms with E-state index in [2.05, 4.69) is 5.32 Å². The number of carbonyl (C=O) groups is 1. The van der Waals surface area contributed by atoms with E-state index in [1.54, 1.807) is 30.3 Å². The van der Waals surface area contributed by atoms with Gasteiger partial charge in [0, 0.05) is 16.8 Å². The second kappa shape index (κ2) is 7.11. The van der Waals surface area contributed by atoms with Gasteiger partial charge in [0.2, 0.25) is 0 Å². The fraction of sp³-hybridized carbons (Fsp3) is 0.188. The van der Waals surface area contributed by atoms with Gasteiger partial charge in [0.1, 0.15) is 5.75 Å². The quantitative estimate of drug-likeness (QED) is 0.890. The number of nitrogens with two attached hydrogens (primary N) is 1.